The van der Waals surface area contributed by atoms with Crippen molar-refractivity contribution < 1.29 is 9.53 Å². The Morgan fingerprint density at radius 1 is 0.654 bits per heavy atom. The summed E-state index contributed by atoms with van der Waals surface area (Å²) in [6, 6.07) is 0. The Labute approximate surface area is 160 Å². The van der Waals surface area contributed by atoms with Crippen LogP contribution in [0.3, 0.4) is 0 Å². The Hall–Kier alpha value is -2.09. The molecule has 0 aliphatic rings. The summed E-state index contributed by atoms with van der Waals surface area (Å²) in [7, 11) is 0. The molecule has 0 saturated heterocycles. The number of carbonyl (C=O) groups is 1. The zero-order valence-electron chi connectivity index (χ0n) is 16.6. The van der Waals surface area contributed by atoms with E-state index in [1.54, 1.807) is 19.1 Å². The van der Waals surface area contributed by atoms with Gasteiger partial charge >= 0.3 is 5.97 Å². The van der Waals surface area contributed by atoms with Gasteiger partial charge in [0.15, 0.2) is 0 Å². The van der Waals surface area contributed by atoms with Crippen LogP contribution in [0.25, 0.3) is 0 Å². The maximum Gasteiger partial charge on any atom is 0.330 e. The molecule has 0 aromatic heterocycles. The van der Waals surface area contributed by atoms with Crippen LogP contribution in [-0.4, -0.2) is 12.6 Å². The Morgan fingerprint density at radius 3 is 1.73 bits per heavy atom. The molecular weight excluding hydrogens is 320 g/mol. The Kier molecular flexibility index (Phi) is 19.3. The first-order chi connectivity index (χ1) is 12.8. The van der Waals surface area contributed by atoms with E-state index < -0.39 is 0 Å². The van der Waals surface area contributed by atoms with Crippen LogP contribution in [-0.2, 0) is 9.53 Å². The lowest BCUT2D eigenvalue weighted by atomic mass is 10.1. The van der Waals surface area contributed by atoms with Crippen LogP contribution >= 0.6 is 0 Å². The molecule has 26 heavy (non-hydrogen) atoms. The van der Waals surface area contributed by atoms with Gasteiger partial charge in [0.25, 0.3) is 0 Å². The largest absolute Gasteiger partial charge is 0.463 e. The van der Waals surface area contributed by atoms with Gasteiger partial charge < -0.3 is 4.74 Å². The van der Waals surface area contributed by atoms with Crippen molar-refractivity contribution >= 4 is 5.97 Å². The van der Waals surface area contributed by atoms with Gasteiger partial charge in [-0.3, -0.25) is 0 Å². The van der Waals surface area contributed by atoms with Crippen molar-refractivity contribution in [3.63, 3.8) is 0 Å². The maximum absolute atomic E-state index is 11.0. The number of ether oxygens (including phenoxy) is 1. The highest BCUT2D eigenvalue weighted by Crippen LogP contribution is 2.08. The van der Waals surface area contributed by atoms with Gasteiger partial charge in [0.1, 0.15) is 0 Å². The van der Waals surface area contributed by atoms with E-state index >= 15 is 0 Å². The van der Waals surface area contributed by atoms with Gasteiger partial charge in [-0.2, -0.15) is 0 Å². The van der Waals surface area contributed by atoms with E-state index in [0.29, 0.717) is 6.61 Å². The second kappa shape index (κ2) is 21.0. The predicted octanol–water partition coefficient (Wildman–Crippen LogP) is 7.03. The van der Waals surface area contributed by atoms with Gasteiger partial charge in [-0.25, -0.2) is 4.79 Å². The summed E-state index contributed by atoms with van der Waals surface area (Å²) in [5, 5.41) is 0. The average molecular weight is 357 g/mol. The molecule has 0 unspecified atom stereocenters. The molecule has 0 aliphatic carbocycles. The summed E-state index contributed by atoms with van der Waals surface area (Å²) in [4.78, 5) is 11.0. The smallest absolute Gasteiger partial charge is 0.330 e. The zero-order chi connectivity index (χ0) is 19.1. The van der Waals surface area contributed by atoms with Crippen molar-refractivity contribution in [3.05, 3.63) is 72.9 Å². The minimum absolute atomic E-state index is 0.314. The number of carbonyl (C=O) groups excluding carboxylic acids is 1. The Balaban J connectivity index is 3.64. The molecule has 0 fully saturated rings. The fourth-order valence-corrected chi connectivity index (χ4v) is 2.23. The summed E-state index contributed by atoms with van der Waals surface area (Å²) >= 11 is 0. The van der Waals surface area contributed by atoms with E-state index in [9.17, 15) is 4.79 Å². The van der Waals surface area contributed by atoms with Crippen LogP contribution in [0.2, 0.25) is 0 Å². The van der Waals surface area contributed by atoms with Crippen molar-refractivity contribution in [2.24, 2.45) is 0 Å². The lowest BCUT2D eigenvalue weighted by Gasteiger charge is -1.98. The molecule has 2 heteroatoms. The highest BCUT2D eigenvalue weighted by molar-refractivity contribution is 5.82. The van der Waals surface area contributed by atoms with Crippen LogP contribution in [0.5, 0.6) is 0 Å². The zero-order valence-corrected chi connectivity index (χ0v) is 16.6. The molecule has 0 atom stereocenters. The number of allylic oxidation sites excluding steroid dienone is 11. The molecule has 144 valence electrons. The quantitative estimate of drug-likeness (QED) is 0.136. The molecule has 0 aromatic rings. The van der Waals surface area contributed by atoms with Crippen molar-refractivity contribution in [1.29, 1.82) is 0 Å². The van der Waals surface area contributed by atoms with Gasteiger partial charge in [-0.15, -0.1) is 0 Å². The van der Waals surface area contributed by atoms with E-state index in [0.717, 1.165) is 0 Å². The third-order valence-corrected chi connectivity index (χ3v) is 3.63. The van der Waals surface area contributed by atoms with Crippen LogP contribution in [0, 0.1) is 0 Å². The molecule has 0 saturated carbocycles. The molecule has 0 aromatic carbocycles. The standard InChI is InChI=1S/C24H36O2/c1-3-5-6-7-8-9-10-11-12-13-14-15-16-17-18-19-20-21-22-23-24(25)26-4-2/h12-23H,3-11H2,1-2H3/b13-12+,15-14+,17-16+,19-18+,21-20+,23-22+. The Morgan fingerprint density at radius 2 is 1.15 bits per heavy atom. The number of hydrogen-bond acceptors (Lipinski definition) is 2. The molecular formula is C24H36O2. The van der Waals surface area contributed by atoms with Gasteiger partial charge in [0, 0.05) is 6.08 Å². The lowest BCUT2D eigenvalue weighted by molar-refractivity contribution is -0.137. The van der Waals surface area contributed by atoms with E-state index in [-0.39, 0.29) is 5.97 Å². The first-order valence-corrected chi connectivity index (χ1v) is 9.97. The molecule has 0 bridgehead atoms. The van der Waals surface area contributed by atoms with Gasteiger partial charge in [0.2, 0.25) is 0 Å². The minimum Gasteiger partial charge on any atom is -0.463 e. The number of esters is 1. The second-order valence-electron chi connectivity index (χ2n) is 5.99. The molecule has 2 nitrogen and oxygen atoms in total. The molecule has 0 rings (SSSR count). The second-order valence-corrected chi connectivity index (χ2v) is 5.99. The van der Waals surface area contributed by atoms with Crippen LogP contribution in [0.15, 0.2) is 72.9 Å². The predicted molar refractivity (Wildman–Crippen MR) is 114 cm³/mol. The van der Waals surface area contributed by atoms with Crippen molar-refractivity contribution in [2.75, 3.05) is 6.61 Å². The van der Waals surface area contributed by atoms with Crippen molar-refractivity contribution in [3.8, 4) is 0 Å². The summed E-state index contributed by atoms with van der Waals surface area (Å²) in [5.74, 6) is -0.314. The van der Waals surface area contributed by atoms with Crippen LogP contribution < -0.4 is 0 Å². The van der Waals surface area contributed by atoms with Crippen molar-refractivity contribution in [1.82, 2.24) is 0 Å². The number of hydrogen-bond donors (Lipinski definition) is 0. The van der Waals surface area contributed by atoms with Gasteiger partial charge in [-0.05, 0) is 19.8 Å². The maximum atomic E-state index is 11.0. The monoisotopic (exact) mass is 356 g/mol. The molecule has 0 aliphatic heterocycles. The Bertz CT molecular complexity index is 490. The van der Waals surface area contributed by atoms with Crippen molar-refractivity contribution in [2.45, 2.75) is 65.2 Å². The third-order valence-electron chi connectivity index (χ3n) is 3.63. The van der Waals surface area contributed by atoms with Crippen LogP contribution in [0.4, 0.5) is 0 Å². The van der Waals surface area contributed by atoms with Gasteiger partial charge in [-0.1, -0.05) is 112 Å². The molecule has 0 amide bonds. The first-order valence-electron chi connectivity index (χ1n) is 9.97. The highest BCUT2D eigenvalue weighted by Gasteiger charge is 1.89. The SMILES string of the molecule is CCCCCCCCC/C=C/C=C/C=C/C=C/C=C/C=C/C(=O)OCC. The lowest BCUT2D eigenvalue weighted by Crippen LogP contribution is -1.98. The number of rotatable bonds is 15. The topological polar surface area (TPSA) is 26.3 Å². The minimum atomic E-state index is -0.314. The first kappa shape index (κ1) is 23.9. The summed E-state index contributed by atoms with van der Waals surface area (Å²) < 4.78 is 4.78. The molecule has 0 N–H and O–H groups in total. The highest BCUT2D eigenvalue weighted by atomic mass is 16.5. The van der Waals surface area contributed by atoms with Gasteiger partial charge in [0.05, 0.1) is 6.61 Å². The fourth-order valence-electron chi connectivity index (χ4n) is 2.23. The normalized spacial score (nSPS) is 12.8. The third kappa shape index (κ3) is 20.0. The average Bonchev–Trinajstić information content (AvgIpc) is 2.64. The fraction of sp³-hybridized carbons (Fsp3) is 0.458. The van der Waals surface area contributed by atoms with E-state index in [1.165, 1.54) is 57.4 Å². The summed E-state index contributed by atoms with van der Waals surface area (Å²) in [6.45, 7) is 4.45. The summed E-state index contributed by atoms with van der Waals surface area (Å²) in [6.07, 6.45) is 33.7. The summed E-state index contributed by atoms with van der Waals surface area (Å²) in [5.41, 5.74) is 0. The molecule has 0 spiro atoms. The van der Waals surface area contributed by atoms with Crippen LogP contribution in [0.1, 0.15) is 65.2 Å². The van der Waals surface area contributed by atoms with E-state index in [2.05, 4.69) is 25.2 Å². The molecule has 0 radical (unpaired) electrons. The molecule has 0 heterocycles. The van der Waals surface area contributed by atoms with E-state index in [1.807, 2.05) is 36.5 Å². The number of unbranched alkanes of at least 4 members (excludes halogenated alkanes) is 7. The van der Waals surface area contributed by atoms with E-state index in [4.69, 9.17) is 4.74 Å².